The minimum atomic E-state index is -1.40. The second kappa shape index (κ2) is 13.7. The van der Waals surface area contributed by atoms with E-state index in [0.717, 1.165) is 12.8 Å². The number of amides is 1. The van der Waals surface area contributed by atoms with Crippen LogP contribution in [0.5, 0.6) is 0 Å². The first-order valence-corrected chi connectivity index (χ1v) is 13.0. The minimum absolute atomic E-state index is 0.0513. The van der Waals surface area contributed by atoms with Gasteiger partial charge in [-0.25, -0.2) is 4.39 Å². The number of nitrogens with one attached hydrogen (secondary N) is 2. The Morgan fingerprint density at radius 2 is 1.83 bits per heavy atom. The second-order valence-electron chi connectivity index (χ2n) is 9.87. The highest BCUT2D eigenvalue weighted by atomic mass is 19.1. The van der Waals surface area contributed by atoms with Crippen LogP contribution in [0.3, 0.4) is 0 Å². The second-order valence-corrected chi connectivity index (χ2v) is 9.87. The van der Waals surface area contributed by atoms with Gasteiger partial charge in [0.1, 0.15) is 11.4 Å². The Balaban J connectivity index is 1.80. The van der Waals surface area contributed by atoms with Crippen LogP contribution in [-0.4, -0.2) is 44.4 Å². The van der Waals surface area contributed by atoms with Crippen molar-refractivity contribution in [2.45, 2.75) is 69.4 Å². The van der Waals surface area contributed by atoms with Gasteiger partial charge in [0.25, 0.3) is 5.91 Å². The Hall–Kier alpha value is -2.28. The van der Waals surface area contributed by atoms with Crippen molar-refractivity contribution in [3.05, 3.63) is 71.0 Å². The molecule has 0 saturated heterocycles. The Morgan fingerprint density at radius 1 is 1.11 bits per heavy atom. The summed E-state index contributed by atoms with van der Waals surface area (Å²) in [6, 6.07) is 13.2. The number of benzene rings is 2. The van der Waals surface area contributed by atoms with Gasteiger partial charge in [0.15, 0.2) is 0 Å². The lowest BCUT2D eigenvalue weighted by Crippen LogP contribution is -2.42. The number of methoxy groups -OCH3 is 1. The number of likely N-dealkylation sites (N-methyl/N-ethyl adjacent to an activating group) is 1. The summed E-state index contributed by atoms with van der Waals surface area (Å²) in [5.41, 5.74) is 0.168. The quantitative estimate of drug-likeness (QED) is 0.343. The summed E-state index contributed by atoms with van der Waals surface area (Å²) in [4.78, 5) is 13.2. The van der Waals surface area contributed by atoms with Gasteiger partial charge in [-0.2, -0.15) is 0 Å². The molecule has 2 aromatic rings. The van der Waals surface area contributed by atoms with Gasteiger partial charge in [-0.3, -0.25) is 4.79 Å². The number of halogens is 1. The van der Waals surface area contributed by atoms with Gasteiger partial charge in [-0.15, -0.1) is 0 Å². The number of hydrogen-bond acceptors (Lipinski definition) is 4. The van der Waals surface area contributed by atoms with E-state index < -0.39 is 11.4 Å². The molecule has 1 aliphatic rings. The molecule has 6 heteroatoms. The van der Waals surface area contributed by atoms with Crippen LogP contribution in [0.15, 0.2) is 48.5 Å². The molecule has 0 bridgehead atoms. The molecule has 1 saturated carbocycles. The van der Waals surface area contributed by atoms with Crippen molar-refractivity contribution < 1.29 is 19.0 Å². The fourth-order valence-corrected chi connectivity index (χ4v) is 5.28. The topological polar surface area (TPSA) is 70.6 Å². The van der Waals surface area contributed by atoms with Crippen molar-refractivity contribution in [1.82, 2.24) is 10.6 Å². The zero-order chi connectivity index (χ0) is 25.1. The van der Waals surface area contributed by atoms with Crippen molar-refractivity contribution in [3.63, 3.8) is 0 Å². The smallest absolute Gasteiger partial charge is 0.251 e. The van der Waals surface area contributed by atoms with Crippen molar-refractivity contribution in [2.24, 2.45) is 5.92 Å². The SMILES string of the molecule is CNCC(CC1CCCCC1)NC(=O)c1cccc(C(O)(CCCCOC)c2cccc(F)c2)c1. The number of carbonyl (C=O) groups excluding carboxylic acids is 1. The fourth-order valence-electron chi connectivity index (χ4n) is 5.28. The normalized spacial score (nSPS) is 17.0. The standard InChI is InChI=1S/C29H41FN2O3/c1-31-21-27(18-22-10-4-3-5-11-22)32-28(33)23-12-8-13-24(19-23)29(34,16-6-7-17-35-2)25-14-9-15-26(30)20-25/h8-9,12-15,19-20,22,27,31,34H,3-7,10-11,16-18,21H2,1-2H3,(H,32,33). The highest BCUT2D eigenvalue weighted by Gasteiger charge is 2.32. The summed E-state index contributed by atoms with van der Waals surface area (Å²) in [6.07, 6.45) is 9.17. The zero-order valence-electron chi connectivity index (χ0n) is 21.2. The van der Waals surface area contributed by atoms with Gasteiger partial charge < -0.3 is 20.5 Å². The summed E-state index contributed by atoms with van der Waals surface area (Å²) in [7, 11) is 3.56. The molecule has 3 rings (SSSR count). The molecule has 2 atom stereocenters. The van der Waals surface area contributed by atoms with Crippen LogP contribution in [0.2, 0.25) is 0 Å². The third-order valence-electron chi connectivity index (χ3n) is 7.17. The van der Waals surface area contributed by atoms with E-state index in [2.05, 4.69) is 10.6 Å². The largest absolute Gasteiger partial charge is 0.385 e. The number of unbranched alkanes of at least 4 members (excludes halogenated alkanes) is 1. The van der Waals surface area contributed by atoms with E-state index >= 15 is 0 Å². The number of hydrogen-bond donors (Lipinski definition) is 3. The Morgan fingerprint density at radius 3 is 2.51 bits per heavy atom. The summed E-state index contributed by atoms with van der Waals surface area (Å²) in [6.45, 7) is 1.31. The highest BCUT2D eigenvalue weighted by molar-refractivity contribution is 5.94. The molecule has 1 amide bonds. The Bertz CT molecular complexity index is 932. The van der Waals surface area contributed by atoms with E-state index in [9.17, 15) is 14.3 Å². The van der Waals surface area contributed by atoms with E-state index in [4.69, 9.17) is 4.74 Å². The van der Waals surface area contributed by atoms with Crippen molar-refractivity contribution >= 4 is 5.91 Å². The van der Waals surface area contributed by atoms with Gasteiger partial charge >= 0.3 is 0 Å². The van der Waals surface area contributed by atoms with Crippen LogP contribution in [0.1, 0.15) is 79.3 Å². The Kier molecular flexibility index (Phi) is 10.7. The van der Waals surface area contributed by atoms with E-state index in [1.165, 1.54) is 44.2 Å². The fraction of sp³-hybridized carbons (Fsp3) is 0.552. The molecule has 0 spiro atoms. The first-order chi connectivity index (χ1) is 17.0. The third kappa shape index (κ3) is 7.86. The molecule has 35 heavy (non-hydrogen) atoms. The van der Waals surface area contributed by atoms with Gasteiger partial charge in [0, 0.05) is 31.9 Å². The first kappa shape index (κ1) is 27.3. The minimum Gasteiger partial charge on any atom is -0.385 e. The molecule has 0 heterocycles. The molecule has 0 aliphatic heterocycles. The van der Waals surface area contributed by atoms with E-state index in [-0.39, 0.29) is 11.9 Å². The summed E-state index contributed by atoms with van der Waals surface area (Å²) >= 11 is 0. The molecular weight excluding hydrogens is 443 g/mol. The maximum absolute atomic E-state index is 14.1. The maximum Gasteiger partial charge on any atom is 0.251 e. The van der Waals surface area contributed by atoms with Crippen molar-refractivity contribution in [1.29, 1.82) is 0 Å². The average Bonchev–Trinajstić information content (AvgIpc) is 2.87. The first-order valence-electron chi connectivity index (χ1n) is 13.0. The zero-order valence-corrected chi connectivity index (χ0v) is 21.2. The number of carbonyl (C=O) groups is 1. The lowest BCUT2D eigenvalue weighted by Gasteiger charge is -2.30. The van der Waals surface area contributed by atoms with Crippen LogP contribution >= 0.6 is 0 Å². The van der Waals surface area contributed by atoms with Gasteiger partial charge in [0.2, 0.25) is 0 Å². The van der Waals surface area contributed by atoms with E-state index in [1.54, 1.807) is 37.4 Å². The number of aliphatic hydroxyl groups is 1. The molecule has 3 N–H and O–H groups in total. The monoisotopic (exact) mass is 484 g/mol. The molecule has 2 aromatic carbocycles. The molecule has 0 radical (unpaired) electrons. The predicted molar refractivity (Wildman–Crippen MR) is 138 cm³/mol. The highest BCUT2D eigenvalue weighted by Crippen LogP contribution is 2.35. The number of ether oxygens (including phenoxy) is 1. The van der Waals surface area contributed by atoms with Crippen LogP contribution < -0.4 is 10.6 Å². The predicted octanol–water partition coefficient (Wildman–Crippen LogP) is 5.17. The lowest BCUT2D eigenvalue weighted by atomic mass is 9.81. The van der Waals surface area contributed by atoms with Crippen LogP contribution in [0.4, 0.5) is 4.39 Å². The van der Waals surface area contributed by atoms with Gasteiger partial charge in [-0.1, -0.05) is 56.4 Å². The van der Waals surface area contributed by atoms with Crippen LogP contribution in [0.25, 0.3) is 0 Å². The summed E-state index contributed by atoms with van der Waals surface area (Å²) in [5, 5.41) is 18.2. The lowest BCUT2D eigenvalue weighted by molar-refractivity contribution is 0.0647. The van der Waals surface area contributed by atoms with Crippen molar-refractivity contribution in [3.8, 4) is 0 Å². The molecular formula is C29H41FN2O3. The van der Waals surface area contributed by atoms with Crippen LogP contribution in [-0.2, 0) is 10.3 Å². The molecule has 1 fully saturated rings. The molecule has 192 valence electrons. The van der Waals surface area contributed by atoms with Crippen LogP contribution in [0, 0.1) is 11.7 Å². The molecule has 1 aliphatic carbocycles. The maximum atomic E-state index is 14.1. The van der Waals surface area contributed by atoms with E-state index in [1.807, 2.05) is 13.1 Å². The molecule has 0 aromatic heterocycles. The number of rotatable bonds is 13. The average molecular weight is 485 g/mol. The molecule has 2 unspecified atom stereocenters. The Labute approximate surface area is 209 Å². The van der Waals surface area contributed by atoms with Gasteiger partial charge in [-0.05, 0) is 74.0 Å². The third-order valence-corrected chi connectivity index (χ3v) is 7.17. The van der Waals surface area contributed by atoms with E-state index in [0.29, 0.717) is 48.6 Å². The molecule has 5 nitrogen and oxygen atoms in total. The summed E-state index contributed by atoms with van der Waals surface area (Å²) in [5.74, 6) is 0.104. The van der Waals surface area contributed by atoms with Gasteiger partial charge in [0.05, 0.1) is 0 Å². The summed E-state index contributed by atoms with van der Waals surface area (Å²) < 4.78 is 19.2. The van der Waals surface area contributed by atoms with Crippen molar-refractivity contribution in [2.75, 3.05) is 27.3 Å².